The number of hydrogen-bond acceptors (Lipinski definition) is 5. The number of carbonyl (C=O) groups is 3. The highest BCUT2D eigenvalue weighted by Crippen LogP contribution is 2.10. The molecule has 0 aromatic carbocycles. The highest BCUT2D eigenvalue weighted by molar-refractivity contribution is 6.50. The van der Waals surface area contributed by atoms with Crippen LogP contribution < -0.4 is 0 Å². The normalized spacial score (nSPS) is 16.3. The smallest absolute Gasteiger partial charge is 0.318 e. The number of hydrogen-bond donors (Lipinski definition) is 0. The van der Waals surface area contributed by atoms with Crippen LogP contribution in [0.4, 0.5) is 0 Å². The molecule has 0 fully saturated rings. The van der Waals surface area contributed by atoms with Crippen molar-refractivity contribution in [3.63, 3.8) is 0 Å². The van der Waals surface area contributed by atoms with Crippen molar-refractivity contribution in [3.8, 4) is 0 Å². The molecule has 0 heterocycles. The Labute approximate surface area is 92.5 Å². The van der Waals surface area contributed by atoms with E-state index in [-0.39, 0.29) is 16.9 Å². The van der Waals surface area contributed by atoms with Crippen molar-refractivity contribution in [1.82, 2.24) is 0 Å². The van der Waals surface area contributed by atoms with Gasteiger partial charge in [0.2, 0.25) is 11.6 Å². The molecule has 0 saturated carbocycles. The molecule has 0 amide bonds. The van der Waals surface area contributed by atoms with Gasteiger partial charge in [0.1, 0.15) is 5.71 Å². The Bertz CT molecular complexity index is 423. The maximum atomic E-state index is 11.4. The van der Waals surface area contributed by atoms with Crippen molar-refractivity contribution < 1.29 is 19.2 Å². The molecule has 16 heavy (non-hydrogen) atoms. The summed E-state index contributed by atoms with van der Waals surface area (Å²) in [5.74, 6) is -1.70. The van der Waals surface area contributed by atoms with Crippen LogP contribution in [-0.4, -0.2) is 23.2 Å². The Kier molecular flexibility index (Phi) is 3.50. The van der Waals surface area contributed by atoms with Gasteiger partial charge in [0.15, 0.2) is 0 Å². The average Bonchev–Trinajstić information content (AvgIpc) is 2.30. The molecule has 0 saturated heterocycles. The first-order valence-electron chi connectivity index (χ1n) is 4.63. The van der Waals surface area contributed by atoms with Gasteiger partial charge in [-0.25, -0.2) is 4.79 Å². The summed E-state index contributed by atoms with van der Waals surface area (Å²) in [6.07, 6.45) is 2.80. The van der Waals surface area contributed by atoms with Gasteiger partial charge in [-0.3, -0.25) is 9.59 Å². The fraction of sp³-hybridized carbons (Fsp3) is 0.273. The molecule has 84 valence electrons. The second-order valence-corrected chi connectivity index (χ2v) is 3.41. The second-order valence-electron chi connectivity index (χ2n) is 3.41. The quantitative estimate of drug-likeness (QED) is 0.375. The zero-order valence-electron chi connectivity index (χ0n) is 9.23. The number of ketones is 2. The van der Waals surface area contributed by atoms with E-state index in [1.54, 1.807) is 0 Å². The highest BCUT2D eigenvalue weighted by atomic mass is 16.7. The number of allylic oxidation sites excluding steroid dienone is 4. The van der Waals surface area contributed by atoms with Gasteiger partial charge >= 0.3 is 5.97 Å². The summed E-state index contributed by atoms with van der Waals surface area (Å²) in [7, 11) is 0. The van der Waals surface area contributed by atoms with E-state index in [0.717, 1.165) is 0 Å². The lowest BCUT2D eigenvalue weighted by Gasteiger charge is -1.94. The average molecular weight is 221 g/mol. The molecule has 1 aliphatic rings. The third-order valence-corrected chi connectivity index (χ3v) is 1.93. The predicted octanol–water partition coefficient (Wildman–Crippen LogP) is 0.950. The molecular weight excluding hydrogens is 210 g/mol. The van der Waals surface area contributed by atoms with Crippen LogP contribution in [0, 0.1) is 0 Å². The van der Waals surface area contributed by atoms with Gasteiger partial charge in [0.25, 0.3) is 0 Å². The predicted molar refractivity (Wildman–Crippen MR) is 56.7 cm³/mol. The molecule has 0 unspecified atom stereocenters. The minimum absolute atomic E-state index is 0.268. The number of nitrogens with zero attached hydrogens (tertiary/aromatic N) is 1. The van der Waals surface area contributed by atoms with E-state index in [1.165, 1.54) is 32.9 Å². The fourth-order valence-electron chi connectivity index (χ4n) is 1.14. The van der Waals surface area contributed by atoms with Crippen molar-refractivity contribution in [3.05, 3.63) is 23.3 Å². The minimum atomic E-state index is -0.568. The van der Waals surface area contributed by atoms with Crippen LogP contribution in [0.3, 0.4) is 0 Å². The van der Waals surface area contributed by atoms with Crippen molar-refractivity contribution >= 4 is 23.2 Å². The van der Waals surface area contributed by atoms with Crippen LogP contribution in [0.25, 0.3) is 0 Å². The zero-order chi connectivity index (χ0) is 12.3. The molecule has 0 N–H and O–H groups in total. The van der Waals surface area contributed by atoms with Crippen molar-refractivity contribution in [2.24, 2.45) is 5.16 Å². The maximum Gasteiger partial charge on any atom is 0.331 e. The van der Waals surface area contributed by atoms with Crippen LogP contribution in [0.15, 0.2) is 28.5 Å². The van der Waals surface area contributed by atoms with Gasteiger partial charge in [0.05, 0.1) is 0 Å². The summed E-state index contributed by atoms with van der Waals surface area (Å²) >= 11 is 0. The number of rotatable bonds is 1. The lowest BCUT2D eigenvalue weighted by Crippen LogP contribution is -2.14. The minimum Gasteiger partial charge on any atom is -0.318 e. The van der Waals surface area contributed by atoms with Crippen molar-refractivity contribution in [2.75, 3.05) is 0 Å². The Morgan fingerprint density at radius 1 is 1.12 bits per heavy atom. The Balaban J connectivity index is 3.11. The topological polar surface area (TPSA) is 72.8 Å². The largest absolute Gasteiger partial charge is 0.331 e. The van der Waals surface area contributed by atoms with E-state index < -0.39 is 17.5 Å². The molecule has 5 nitrogen and oxygen atoms in total. The Morgan fingerprint density at radius 3 is 1.94 bits per heavy atom. The molecule has 0 aromatic heterocycles. The SMILES string of the molecule is CC(=O)ON=C1C=C(C)C(=O)C(=O)C(C)=C1. The molecule has 0 atom stereocenters. The van der Waals surface area contributed by atoms with Gasteiger partial charge in [-0.05, 0) is 26.0 Å². The lowest BCUT2D eigenvalue weighted by atomic mass is 10.1. The first-order chi connectivity index (χ1) is 7.41. The first kappa shape index (κ1) is 12.0. The fourth-order valence-corrected chi connectivity index (χ4v) is 1.14. The van der Waals surface area contributed by atoms with Gasteiger partial charge in [0, 0.05) is 18.1 Å². The van der Waals surface area contributed by atoms with Crippen LogP contribution in [0.5, 0.6) is 0 Å². The Hall–Kier alpha value is -2.04. The summed E-state index contributed by atoms with van der Waals surface area (Å²) in [6, 6.07) is 0. The van der Waals surface area contributed by atoms with E-state index in [1.807, 2.05) is 0 Å². The van der Waals surface area contributed by atoms with Crippen LogP contribution in [0.2, 0.25) is 0 Å². The molecule has 0 bridgehead atoms. The first-order valence-corrected chi connectivity index (χ1v) is 4.63. The standard InChI is InChI=1S/C11H11NO4/c1-6-4-9(12-16-8(3)13)5-7(2)11(15)10(6)14/h4-5H,1-3H3. The van der Waals surface area contributed by atoms with Crippen LogP contribution in [-0.2, 0) is 19.2 Å². The molecule has 0 radical (unpaired) electrons. The number of Topliss-reactive ketones (excluding diaryl/α,β-unsaturated/α-hetero) is 2. The van der Waals surface area contributed by atoms with E-state index >= 15 is 0 Å². The van der Waals surface area contributed by atoms with Gasteiger partial charge in [-0.2, -0.15) is 0 Å². The van der Waals surface area contributed by atoms with Crippen LogP contribution >= 0.6 is 0 Å². The van der Waals surface area contributed by atoms with Crippen LogP contribution in [0.1, 0.15) is 20.8 Å². The van der Waals surface area contributed by atoms with Gasteiger partial charge in [-0.15, -0.1) is 0 Å². The molecule has 0 aliphatic heterocycles. The molecule has 1 rings (SSSR count). The molecule has 5 heteroatoms. The Morgan fingerprint density at radius 2 is 1.56 bits per heavy atom. The summed E-state index contributed by atoms with van der Waals surface area (Å²) in [6.45, 7) is 4.23. The van der Waals surface area contributed by atoms with E-state index in [0.29, 0.717) is 0 Å². The second kappa shape index (κ2) is 4.65. The van der Waals surface area contributed by atoms with Gasteiger partial charge < -0.3 is 4.84 Å². The summed E-state index contributed by atoms with van der Waals surface area (Å²) < 4.78 is 0. The monoisotopic (exact) mass is 221 g/mol. The molecule has 1 aliphatic carbocycles. The molecule has 0 spiro atoms. The van der Waals surface area contributed by atoms with Gasteiger partial charge in [-0.1, -0.05) is 5.16 Å². The summed E-state index contributed by atoms with van der Waals surface area (Å²) in [4.78, 5) is 37.8. The third-order valence-electron chi connectivity index (χ3n) is 1.93. The highest BCUT2D eigenvalue weighted by Gasteiger charge is 2.21. The van der Waals surface area contributed by atoms with E-state index in [9.17, 15) is 14.4 Å². The maximum absolute atomic E-state index is 11.4. The summed E-state index contributed by atoms with van der Waals surface area (Å²) in [5, 5.41) is 3.52. The molecule has 0 aromatic rings. The number of carbonyl (C=O) groups excluding carboxylic acids is 3. The summed E-state index contributed by atoms with van der Waals surface area (Å²) in [5.41, 5.74) is 0.803. The van der Waals surface area contributed by atoms with E-state index in [2.05, 4.69) is 9.99 Å². The molecular formula is C11H11NO4. The zero-order valence-corrected chi connectivity index (χ0v) is 9.23. The number of oxime groups is 1. The third kappa shape index (κ3) is 2.73. The van der Waals surface area contributed by atoms with Crippen molar-refractivity contribution in [2.45, 2.75) is 20.8 Å². The lowest BCUT2D eigenvalue weighted by molar-refractivity contribution is -0.140. The van der Waals surface area contributed by atoms with Crippen molar-refractivity contribution in [1.29, 1.82) is 0 Å². The van der Waals surface area contributed by atoms with E-state index in [4.69, 9.17) is 0 Å².